The third-order valence-corrected chi connectivity index (χ3v) is 12.7. The van der Waals surface area contributed by atoms with Crippen LogP contribution in [-0.2, 0) is 0 Å². The van der Waals surface area contributed by atoms with Gasteiger partial charge in [0.1, 0.15) is 22.5 Å². The van der Waals surface area contributed by atoms with Crippen molar-refractivity contribution in [1.29, 1.82) is 0 Å². The number of hydrogen-bond acceptors (Lipinski definition) is 7. The average Bonchev–Trinajstić information content (AvgIpc) is 3.95. The normalized spacial score (nSPS) is 15.9. The van der Waals surface area contributed by atoms with Crippen LogP contribution in [-0.4, -0.2) is 23.2 Å². The molecule has 2 aromatic carbocycles. The topological polar surface area (TPSA) is 70.5 Å². The molecule has 0 unspecified atom stereocenters. The molecular formula is C46H62N2O4S. The van der Waals surface area contributed by atoms with Crippen LogP contribution < -0.4 is 9.47 Å². The zero-order chi connectivity index (χ0) is 36.2. The Morgan fingerprint density at radius 3 is 1.40 bits per heavy atom. The molecule has 286 valence electrons. The van der Waals surface area contributed by atoms with Crippen molar-refractivity contribution in [2.75, 3.05) is 13.2 Å². The van der Waals surface area contributed by atoms with Crippen LogP contribution in [0.3, 0.4) is 0 Å². The molecule has 5 aromatic rings. The van der Waals surface area contributed by atoms with E-state index in [0.717, 1.165) is 69.5 Å². The first-order valence-corrected chi connectivity index (χ1v) is 22.3. The van der Waals surface area contributed by atoms with Crippen LogP contribution in [0.1, 0.15) is 178 Å². The lowest BCUT2D eigenvalue weighted by molar-refractivity contribution is 0.296. The molecule has 0 saturated heterocycles. The summed E-state index contributed by atoms with van der Waals surface area (Å²) in [6.07, 6.45) is 27.8. The van der Waals surface area contributed by atoms with Gasteiger partial charge in [-0.25, -0.2) is 9.97 Å². The van der Waals surface area contributed by atoms with Crippen LogP contribution in [0.5, 0.6) is 11.5 Å². The van der Waals surface area contributed by atoms with E-state index in [2.05, 4.69) is 50.2 Å². The molecule has 3 aromatic heterocycles. The Labute approximate surface area is 321 Å². The second kappa shape index (κ2) is 19.3. The van der Waals surface area contributed by atoms with Gasteiger partial charge < -0.3 is 18.3 Å². The molecule has 2 fully saturated rings. The highest BCUT2D eigenvalue weighted by Crippen LogP contribution is 2.43. The summed E-state index contributed by atoms with van der Waals surface area (Å²) in [5.41, 5.74) is 6.02. The standard InChI is InChI=1S/C46H62N2O4S/c1-3-5-7-9-11-19-27-49-39-31-41-37(29-35(39)33-21-15-13-16-22-33)47-45(51-41)43-25-26-44(53-43)46-48-38-30-36(34-23-17-14-18-24-34)40(32-42(38)52-46)50-28-20-12-10-8-6-4-2/h25-26,29-34H,3-24,27-28H2,1-2H3. The Hall–Kier alpha value is -3.32. The van der Waals surface area contributed by atoms with E-state index in [1.54, 1.807) is 11.3 Å². The number of fused-ring (bicyclic) bond motifs is 2. The highest BCUT2D eigenvalue weighted by atomic mass is 32.1. The third kappa shape index (κ3) is 9.87. The highest BCUT2D eigenvalue weighted by Gasteiger charge is 2.25. The number of hydrogen-bond donors (Lipinski definition) is 0. The first-order chi connectivity index (χ1) is 26.2. The molecule has 0 radical (unpaired) electrons. The summed E-state index contributed by atoms with van der Waals surface area (Å²) >= 11 is 1.62. The molecule has 2 aliphatic carbocycles. The minimum Gasteiger partial charge on any atom is -0.493 e. The predicted octanol–water partition coefficient (Wildman–Crippen LogP) is 14.9. The molecule has 7 heteroatoms. The first-order valence-electron chi connectivity index (χ1n) is 21.4. The minimum atomic E-state index is 0.528. The van der Waals surface area contributed by atoms with Gasteiger partial charge in [-0.1, -0.05) is 117 Å². The molecule has 3 heterocycles. The predicted molar refractivity (Wildman–Crippen MR) is 220 cm³/mol. The van der Waals surface area contributed by atoms with Crippen LogP contribution >= 0.6 is 11.3 Å². The number of ether oxygens (including phenoxy) is 2. The largest absolute Gasteiger partial charge is 0.493 e. The second-order valence-corrected chi connectivity index (χ2v) is 16.9. The van der Waals surface area contributed by atoms with E-state index in [1.807, 2.05) is 0 Å². The summed E-state index contributed by atoms with van der Waals surface area (Å²) in [7, 11) is 0. The zero-order valence-electron chi connectivity index (χ0n) is 32.5. The molecular weight excluding hydrogens is 677 g/mol. The Balaban J connectivity index is 1.09. The summed E-state index contributed by atoms with van der Waals surface area (Å²) in [5, 5.41) is 0. The average molecular weight is 739 g/mol. The van der Waals surface area contributed by atoms with Crippen LogP contribution in [0.25, 0.3) is 43.7 Å². The molecule has 0 spiro atoms. The maximum atomic E-state index is 6.50. The van der Waals surface area contributed by atoms with Crippen molar-refractivity contribution in [3.8, 4) is 33.0 Å². The summed E-state index contributed by atoms with van der Waals surface area (Å²) in [6, 6.07) is 12.9. The van der Waals surface area contributed by atoms with Crippen LogP contribution in [0.15, 0.2) is 45.2 Å². The number of thiophene rings is 1. The Bertz CT molecular complexity index is 1730. The molecule has 0 amide bonds. The van der Waals surface area contributed by atoms with Crippen molar-refractivity contribution in [2.45, 2.75) is 167 Å². The molecule has 0 aliphatic heterocycles. The fourth-order valence-electron chi connectivity index (χ4n) is 8.57. The summed E-state index contributed by atoms with van der Waals surface area (Å²) in [6.45, 7) is 6.05. The van der Waals surface area contributed by atoms with Gasteiger partial charge in [0.15, 0.2) is 11.2 Å². The van der Waals surface area contributed by atoms with E-state index < -0.39 is 0 Å². The van der Waals surface area contributed by atoms with Gasteiger partial charge in [-0.3, -0.25) is 0 Å². The molecule has 0 N–H and O–H groups in total. The number of aromatic nitrogens is 2. The highest BCUT2D eigenvalue weighted by molar-refractivity contribution is 7.18. The fourth-order valence-corrected chi connectivity index (χ4v) is 9.42. The summed E-state index contributed by atoms with van der Waals surface area (Å²) in [5.74, 6) is 4.31. The number of rotatable bonds is 20. The van der Waals surface area contributed by atoms with Gasteiger partial charge in [0.25, 0.3) is 0 Å². The molecule has 2 aliphatic rings. The van der Waals surface area contributed by atoms with E-state index in [-0.39, 0.29) is 0 Å². The van der Waals surface area contributed by atoms with E-state index in [9.17, 15) is 0 Å². The minimum absolute atomic E-state index is 0.528. The van der Waals surface area contributed by atoms with Gasteiger partial charge in [0.2, 0.25) is 11.8 Å². The SMILES string of the molecule is CCCCCCCCOc1cc2oc(-c3ccc(-c4nc5cc(C6CCCCC6)c(OCCCCCCCC)cc5o4)s3)nc2cc1C1CCCCC1. The van der Waals surface area contributed by atoms with Crippen molar-refractivity contribution in [1.82, 2.24) is 9.97 Å². The van der Waals surface area contributed by atoms with Crippen molar-refractivity contribution in [3.63, 3.8) is 0 Å². The number of nitrogens with zero attached hydrogens (tertiary/aromatic N) is 2. The molecule has 7 rings (SSSR count). The van der Waals surface area contributed by atoms with E-state index in [4.69, 9.17) is 28.3 Å². The number of oxazole rings is 2. The number of benzene rings is 2. The lowest BCUT2D eigenvalue weighted by atomic mass is 9.83. The maximum absolute atomic E-state index is 6.50. The van der Waals surface area contributed by atoms with Crippen LogP contribution in [0, 0.1) is 0 Å². The lowest BCUT2D eigenvalue weighted by Crippen LogP contribution is -2.08. The van der Waals surface area contributed by atoms with Gasteiger partial charge in [0, 0.05) is 12.1 Å². The summed E-state index contributed by atoms with van der Waals surface area (Å²) in [4.78, 5) is 12.0. The Kier molecular flexibility index (Phi) is 13.8. The quantitative estimate of drug-likeness (QED) is 0.0741. The Morgan fingerprint density at radius 2 is 0.962 bits per heavy atom. The smallest absolute Gasteiger partial charge is 0.237 e. The second-order valence-electron chi connectivity index (χ2n) is 15.8. The third-order valence-electron chi connectivity index (χ3n) is 11.7. The van der Waals surface area contributed by atoms with Crippen LogP contribution in [0.4, 0.5) is 0 Å². The van der Waals surface area contributed by atoms with Crippen molar-refractivity contribution >= 4 is 33.5 Å². The van der Waals surface area contributed by atoms with Gasteiger partial charge >= 0.3 is 0 Å². The molecule has 53 heavy (non-hydrogen) atoms. The van der Waals surface area contributed by atoms with Gasteiger partial charge in [-0.05, 0) is 85.8 Å². The van der Waals surface area contributed by atoms with Gasteiger partial charge in [0.05, 0.1) is 23.0 Å². The first kappa shape index (κ1) is 38.0. The van der Waals surface area contributed by atoms with Gasteiger partial charge in [-0.2, -0.15) is 0 Å². The van der Waals surface area contributed by atoms with Crippen molar-refractivity contribution in [3.05, 3.63) is 47.5 Å². The monoisotopic (exact) mass is 738 g/mol. The van der Waals surface area contributed by atoms with Crippen molar-refractivity contribution < 1.29 is 18.3 Å². The maximum Gasteiger partial charge on any atom is 0.237 e. The summed E-state index contributed by atoms with van der Waals surface area (Å²) < 4.78 is 25.9. The zero-order valence-corrected chi connectivity index (χ0v) is 33.3. The van der Waals surface area contributed by atoms with Gasteiger partial charge in [-0.15, -0.1) is 11.3 Å². The fraction of sp³-hybridized carbons (Fsp3) is 0.609. The van der Waals surface area contributed by atoms with Crippen LogP contribution in [0.2, 0.25) is 0 Å². The Morgan fingerprint density at radius 1 is 0.547 bits per heavy atom. The van der Waals surface area contributed by atoms with Crippen molar-refractivity contribution in [2.24, 2.45) is 0 Å². The molecule has 0 bridgehead atoms. The molecule has 2 saturated carbocycles. The van der Waals surface area contributed by atoms with E-state index in [1.165, 1.54) is 140 Å². The lowest BCUT2D eigenvalue weighted by Gasteiger charge is -2.24. The van der Waals surface area contributed by atoms with E-state index in [0.29, 0.717) is 23.6 Å². The van der Waals surface area contributed by atoms with E-state index >= 15 is 0 Å². The molecule has 6 nitrogen and oxygen atoms in total. The molecule has 0 atom stereocenters. The number of unbranched alkanes of at least 4 members (excludes halogenated alkanes) is 10.